The molecule has 2 bridgehead atoms. The highest BCUT2D eigenvalue weighted by atomic mass is 16.5. The van der Waals surface area contributed by atoms with Crippen LogP contribution in [0.1, 0.15) is 95.1 Å². The first kappa shape index (κ1) is 38.5. The number of carbonyl (C=O) groups is 2. The zero-order valence-corrected chi connectivity index (χ0v) is 34.6. The molecule has 0 aromatic heterocycles. The zero-order chi connectivity index (χ0) is 40.3. The Morgan fingerprint density at radius 1 is 0.898 bits per heavy atom. The third-order valence-corrected chi connectivity index (χ3v) is 15.9. The van der Waals surface area contributed by atoms with E-state index in [9.17, 15) is 14.7 Å². The van der Waals surface area contributed by atoms with Crippen molar-refractivity contribution < 1.29 is 24.2 Å². The monoisotopic (exact) mass is 790 g/mol. The van der Waals surface area contributed by atoms with Crippen LogP contribution in [0.15, 0.2) is 119 Å². The molecule has 0 amide bonds. The summed E-state index contributed by atoms with van der Waals surface area (Å²) in [6.07, 6.45) is 18.0. The minimum Gasteiger partial charge on any atom is -0.508 e. The molecular formula is C52H58N2O5. The number of fused-ring (bicyclic) bond motifs is 1. The van der Waals surface area contributed by atoms with E-state index in [-0.39, 0.29) is 46.8 Å². The van der Waals surface area contributed by atoms with E-state index in [1.165, 1.54) is 37.7 Å². The number of hydrogen-bond donors (Lipinski definition) is 3. The molecule has 7 atom stereocenters. The number of piperidine rings is 1. The summed E-state index contributed by atoms with van der Waals surface area (Å²) in [4.78, 5) is 29.4. The maximum Gasteiger partial charge on any atom is 0.340 e. The summed E-state index contributed by atoms with van der Waals surface area (Å²) < 4.78 is 13.0. The number of phenols is 1. The molecule has 3 aliphatic heterocycles. The summed E-state index contributed by atoms with van der Waals surface area (Å²) in [5.74, 6) is 1.76. The Morgan fingerprint density at radius 2 is 1.68 bits per heavy atom. The van der Waals surface area contributed by atoms with Crippen molar-refractivity contribution in [2.24, 2.45) is 40.4 Å². The molecule has 8 aliphatic rings. The van der Waals surface area contributed by atoms with Crippen molar-refractivity contribution in [2.75, 3.05) is 13.6 Å². The predicted octanol–water partition coefficient (Wildman–Crippen LogP) is 10.2. The lowest BCUT2D eigenvalue weighted by Gasteiger charge is -2.56. The summed E-state index contributed by atoms with van der Waals surface area (Å²) in [6, 6.07) is 26.4. The first-order chi connectivity index (χ1) is 28.8. The molecule has 3 heterocycles. The van der Waals surface area contributed by atoms with E-state index in [1.807, 2.05) is 43.4 Å². The Balaban J connectivity index is 1.11. The maximum absolute atomic E-state index is 14.8. The van der Waals surface area contributed by atoms with E-state index in [0.29, 0.717) is 23.4 Å². The summed E-state index contributed by atoms with van der Waals surface area (Å²) in [7, 11) is 2.05. The number of ether oxygens (including phenoxy) is 2. The molecule has 7 heteroatoms. The molecule has 7 nitrogen and oxygen atoms in total. The topological polar surface area (TPSA) is 96.9 Å². The van der Waals surface area contributed by atoms with Gasteiger partial charge in [0.25, 0.3) is 0 Å². The summed E-state index contributed by atoms with van der Waals surface area (Å²) in [5.41, 5.74) is 7.09. The number of esters is 2. The van der Waals surface area contributed by atoms with Gasteiger partial charge in [0.05, 0.1) is 17.2 Å². The molecule has 3 aromatic carbocycles. The van der Waals surface area contributed by atoms with Crippen molar-refractivity contribution in [2.45, 2.75) is 96.6 Å². The fourth-order valence-corrected chi connectivity index (χ4v) is 13.1. The number of cyclic esters (lactones) is 2. The predicted molar refractivity (Wildman–Crippen MR) is 230 cm³/mol. The minimum absolute atomic E-state index is 0.0241. The summed E-state index contributed by atoms with van der Waals surface area (Å²) in [5, 5.41) is 18.2. The van der Waals surface area contributed by atoms with Gasteiger partial charge < -0.3 is 25.2 Å². The van der Waals surface area contributed by atoms with Gasteiger partial charge in [-0.1, -0.05) is 86.5 Å². The standard InChI is InChI=1S/C52H58N2O5/c1-3-32(28-33-12-6-4-7-13-33)29-43-52-26-20-38(45(48(52)50(57)59-43)41-31-36(55)16-17-37(41)34-14-8-5-9-15-34)39-18-19-40-42(58-49(56)46(40)47(39)52)21-25-51(23-10-11-24-51)35-22-27-54-44(30-35)53-2/h4-9,12-17,21,29,31-32,35,38-39,44,47,53-55H,3,10-11,18-20,22-28,30H2,1-2H3/b42-21?,43-29-/t32-,35+,38+,39-,44-,47+,52+/m0/s1. The smallest absolute Gasteiger partial charge is 0.340 e. The quantitative estimate of drug-likeness (QED) is 0.176. The summed E-state index contributed by atoms with van der Waals surface area (Å²) >= 11 is 0. The molecule has 1 spiro atoms. The third kappa shape index (κ3) is 6.37. The lowest BCUT2D eigenvalue weighted by atomic mass is 9.44. The molecule has 4 fully saturated rings. The number of allylic oxidation sites excluding steroid dienone is 5. The van der Waals surface area contributed by atoms with Crippen molar-refractivity contribution in [1.29, 1.82) is 0 Å². The number of phenolic OH excluding ortho intramolecular Hbond substituents is 1. The van der Waals surface area contributed by atoms with Crippen molar-refractivity contribution in [3.05, 3.63) is 130 Å². The van der Waals surface area contributed by atoms with Crippen LogP contribution in [0.2, 0.25) is 0 Å². The number of hydrogen-bond acceptors (Lipinski definition) is 7. The molecule has 5 aliphatic carbocycles. The van der Waals surface area contributed by atoms with Gasteiger partial charge in [-0.25, -0.2) is 9.59 Å². The first-order valence-electron chi connectivity index (χ1n) is 22.5. The number of rotatable bonds is 10. The molecule has 3 N–H and O–H groups in total. The molecule has 59 heavy (non-hydrogen) atoms. The van der Waals surface area contributed by atoms with Crippen LogP contribution in [-0.2, 0) is 25.5 Å². The van der Waals surface area contributed by atoms with Crippen molar-refractivity contribution in [1.82, 2.24) is 10.6 Å². The van der Waals surface area contributed by atoms with Gasteiger partial charge in [0.15, 0.2) is 0 Å². The second kappa shape index (κ2) is 15.4. The fraction of sp³-hybridized carbons (Fsp3) is 0.462. The Kier molecular flexibility index (Phi) is 10.0. The molecule has 2 saturated heterocycles. The van der Waals surface area contributed by atoms with E-state index in [1.54, 1.807) is 6.07 Å². The molecule has 0 radical (unpaired) electrons. The molecule has 11 rings (SSSR count). The van der Waals surface area contributed by atoms with Gasteiger partial charge in [-0.15, -0.1) is 0 Å². The van der Waals surface area contributed by atoms with E-state index in [4.69, 9.17) is 9.47 Å². The average molecular weight is 791 g/mol. The SMILES string of the molecule is CC[C@H](/C=C1\OC(=O)C2=C(c3cc(O)ccc3-c3ccccc3)[C@@H]3CC[C@@]21[C@H]1C2=C(CC[C@@H]31)C(=CCC1([C@@H]3CCN[C@H](NC)C3)CCCC1)OC2=O)Cc1ccccc1. The zero-order valence-electron chi connectivity index (χ0n) is 34.6. The third-order valence-electron chi connectivity index (χ3n) is 15.9. The Hall–Kier alpha value is -4.72. The molecule has 2 saturated carbocycles. The number of carbonyl (C=O) groups excluding carboxylic acids is 2. The highest BCUT2D eigenvalue weighted by Gasteiger charge is 2.68. The maximum atomic E-state index is 14.8. The minimum atomic E-state index is -0.811. The van der Waals surface area contributed by atoms with Gasteiger partial charge in [0.2, 0.25) is 0 Å². The van der Waals surface area contributed by atoms with Crippen LogP contribution in [-0.4, -0.2) is 36.8 Å². The molecule has 306 valence electrons. The van der Waals surface area contributed by atoms with Crippen LogP contribution in [0.3, 0.4) is 0 Å². The van der Waals surface area contributed by atoms with Crippen LogP contribution in [0.4, 0.5) is 0 Å². The van der Waals surface area contributed by atoms with E-state index in [0.717, 1.165) is 97.1 Å². The Morgan fingerprint density at radius 3 is 2.44 bits per heavy atom. The number of aromatic hydroxyl groups is 1. The van der Waals surface area contributed by atoms with Gasteiger partial charge in [-0.3, -0.25) is 0 Å². The van der Waals surface area contributed by atoms with E-state index in [2.05, 4.69) is 66.1 Å². The van der Waals surface area contributed by atoms with Gasteiger partial charge in [-0.05, 0) is 165 Å². The lowest BCUT2D eigenvalue weighted by Crippen LogP contribution is -2.52. The normalized spacial score (nSPS) is 31.3. The van der Waals surface area contributed by atoms with E-state index >= 15 is 0 Å². The van der Waals surface area contributed by atoms with Crippen LogP contribution in [0.25, 0.3) is 16.7 Å². The van der Waals surface area contributed by atoms with Crippen LogP contribution in [0.5, 0.6) is 5.75 Å². The Labute approximate surface area is 349 Å². The lowest BCUT2D eigenvalue weighted by molar-refractivity contribution is -0.135. The number of nitrogens with one attached hydrogen (secondary N) is 2. The van der Waals surface area contributed by atoms with Crippen LogP contribution < -0.4 is 10.6 Å². The first-order valence-corrected chi connectivity index (χ1v) is 22.5. The summed E-state index contributed by atoms with van der Waals surface area (Å²) in [6.45, 7) is 3.23. The molecule has 0 unspecified atom stereocenters. The number of benzene rings is 3. The second-order valence-corrected chi connectivity index (χ2v) is 18.6. The largest absolute Gasteiger partial charge is 0.508 e. The second-order valence-electron chi connectivity index (χ2n) is 18.6. The highest BCUT2D eigenvalue weighted by Crippen LogP contribution is 2.72. The fourth-order valence-electron chi connectivity index (χ4n) is 13.1. The van der Waals surface area contributed by atoms with Gasteiger partial charge in [-0.2, -0.15) is 0 Å². The van der Waals surface area contributed by atoms with Gasteiger partial charge in [0, 0.05) is 17.1 Å². The highest BCUT2D eigenvalue weighted by molar-refractivity contribution is 6.07. The van der Waals surface area contributed by atoms with Crippen molar-refractivity contribution in [3.63, 3.8) is 0 Å². The molecular weight excluding hydrogens is 733 g/mol. The van der Waals surface area contributed by atoms with Crippen LogP contribution >= 0.6 is 0 Å². The van der Waals surface area contributed by atoms with Crippen molar-refractivity contribution >= 4 is 17.5 Å². The van der Waals surface area contributed by atoms with Gasteiger partial charge >= 0.3 is 11.9 Å². The van der Waals surface area contributed by atoms with Gasteiger partial charge in [0.1, 0.15) is 17.3 Å². The van der Waals surface area contributed by atoms with E-state index < -0.39 is 5.41 Å². The average Bonchev–Trinajstić information content (AvgIpc) is 3.97. The van der Waals surface area contributed by atoms with Crippen LogP contribution in [0, 0.1) is 40.4 Å². The van der Waals surface area contributed by atoms with Crippen molar-refractivity contribution in [3.8, 4) is 16.9 Å². The molecule has 3 aromatic rings. The Bertz CT molecular complexity index is 2270.